The number of rotatable bonds is 0. The molecule has 2 amide bonds. The molecule has 4 heterocycles. The van der Waals surface area contributed by atoms with Crippen LogP contribution in [-0.2, 0) is 21.3 Å². The Hall–Kier alpha value is -2.67. The first-order valence-corrected chi connectivity index (χ1v) is 9.68. The Labute approximate surface area is 167 Å². The number of anilines is 1. The summed E-state index contributed by atoms with van der Waals surface area (Å²) in [5.74, 6) is -0.748. The summed E-state index contributed by atoms with van der Waals surface area (Å²) in [5.41, 5.74) is 6.75. The van der Waals surface area contributed by atoms with Gasteiger partial charge in [-0.2, -0.15) is 5.10 Å². The predicted molar refractivity (Wildman–Crippen MR) is 102 cm³/mol. The molecule has 1 aromatic heterocycles. The first-order chi connectivity index (χ1) is 14.1. The van der Waals surface area contributed by atoms with Gasteiger partial charge in [-0.3, -0.25) is 30.0 Å². The van der Waals surface area contributed by atoms with E-state index in [9.17, 15) is 9.59 Å². The summed E-state index contributed by atoms with van der Waals surface area (Å²) in [4.78, 5) is 25.1. The quantitative estimate of drug-likeness (QED) is 0.345. The van der Waals surface area contributed by atoms with Crippen molar-refractivity contribution >= 4 is 17.5 Å². The molecule has 12 nitrogen and oxygen atoms in total. The predicted octanol–water partition coefficient (Wildman–Crippen LogP) is -1.62. The topological polar surface area (TPSA) is 134 Å². The first kappa shape index (κ1) is 19.6. The summed E-state index contributed by atoms with van der Waals surface area (Å²) >= 11 is 0. The van der Waals surface area contributed by atoms with Gasteiger partial charge in [-0.05, 0) is 13.0 Å². The van der Waals surface area contributed by atoms with Crippen LogP contribution in [0.15, 0.2) is 18.1 Å². The number of nitrogens with zero attached hydrogens (tertiary/aromatic N) is 3. The third kappa shape index (κ3) is 4.67. The van der Waals surface area contributed by atoms with Gasteiger partial charge in [0, 0.05) is 32.4 Å². The van der Waals surface area contributed by atoms with Crippen LogP contribution in [0.5, 0.6) is 0 Å². The molecule has 4 rings (SSSR count). The summed E-state index contributed by atoms with van der Waals surface area (Å²) < 4.78 is 12.8. The molecule has 0 spiro atoms. The van der Waals surface area contributed by atoms with Crippen molar-refractivity contribution in [1.82, 2.24) is 36.4 Å². The van der Waals surface area contributed by atoms with Crippen LogP contribution in [0.2, 0.25) is 0 Å². The summed E-state index contributed by atoms with van der Waals surface area (Å²) in [7, 11) is 1.69. The van der Waals surface area contributed by atoms with Crippen LogP contribution in [0.25, 0.3) is 0 Å². The van der Waals surface area contributed by atoms with Crippen molar-refractivity contribution in [2.75, 3.05) is 38.2 Å². The second-order valence-corrected chi connectivity index (χ2v) is 7.07. The molecular formula is C17H26N8O4. The van der Waals surface area contributed by atoms with Crippen molar-refractivity contribution in [1.29, 1.82) is 0 Å². The lowest BCUT2D eigenvalue weighted by atomic mass is 10.1. The number of nitrogens with one attached hydrogen (secondary N) is 5. The van der Waals surface area contributed by atoms with Crippen LogP contribution in [0.4, 0.5) is 5.69 Å². The Morgan fingerprint density at radius 3 is 2.97 bits per heavy atom. The molecule has 3 aliphatic rings. The second kappa shape index (κ2) is 8.78. The van der Waals surface area contributed by atoms with E-state index < -0.39 is 0 Å². The molecule has 2 unspecified atom stereocenters. The normalized spacial score (nSPS) is 26.4. The van der Waals surface area contributed by atoms with Crippen LogP contribution >= 0.6 is 0 Å². The van der Waals surface area contributed by atoms with Crippen LogP contribution in [0.3, 0.4) is 0 Å². The zero-order valence-electron chi connectivity index (χ0n) is 16.2. The number of aryl methyl sites for hydroxylation is 1. The monoisotopic (exact) mass is 406 g/mol. The lowest BCUT2D eigenvalue weighted by molar-refractivity contribution is -0.113. The van der Waals surface area contributed by atoms with Gasteiger partial charge in [-0.1, -0.05) is 0 Å². The number of aromatic nitrogens is 2. The lowest BCUT2D eigenvalue weighted by Gasteiger charge is -2.35. The highest BCUT2D eigenvalue weighted by Gasteiger charge is 2.30. The van der Waals surface area contributed by atoms with Crippen molar-refractivity contribution < 1.29 is 19.1 Å². The van der Waals surface area contributed by atoms with Crippen molar-refractivity contribution in [3.8, 4) is 0 Å². The molecule has 0 aromatic carbocycles. The minimum absolute atomic E-state index is 0.0815. The van der Waals surface area contributed by atoms with Crippen LogP contribution in [0, 0.1) is 0 Å². The molecule has 0 saturated carbocycles. The Morgan fingerprint density at radius 1 is 1.17 bits per heavy atom. The largest absolute Gasteiger partial charge is 0.377 e. The van der Waals surface area contributed by atoms with Gasteiger partial charge in [-0.25, -0.2) is 0 Å². The maximum absolute atomic E-state index is 12.7. The third-order valence-corrected chi connectivity index (χ3v) is 4.93. The molecule has 29 heavy (non-hydrogen) atoms. The van der Waals surface area contributed by atoms with Gasteiger partial charge < -0.3 is 20.1 Å². The Morgan fingerprint density at radius 2 is 2.07 bits per heavy atom. The molecule has 5 N–H and O–H groups in total. The fraction of sp³-hybridized carbons (Fsp3) is 0.588. The van der Waals surface area contributed by atoms with Crippen LogP contribution in [0.1, 0.15) is 23.3 Å². The molecular weight excluding hydrogens is 380 g/mol. The SMILES string of the molecule is Cn1cc2c(n1)C(=O)NCCOCCOC1CC(CCN1)N1C=C(NN1)C(=O)N2. The highest BCUT2D eigenvalue weighted by molar-refractivity contribution is 6.07. The number of hydrogen-bond donors (Lipinski definition) is 5. The van der Waals surface area contributed by atoms with Crippen molar-refractivity contribution in [3.63, 3.8) is 0 Å². The molecule has 1 fully saturated rings. The molecule has 1 aromatic rings. The zero-order chi connectivity index (χ0) is 20.2. The van der Waals surface area contributed by atoms with E-state index in [1.807, 2.05) is 5.01 Å². The number of fused-ring (bicyclic) bond motifs is 5. The third-order valence-electron chi connectivity index (χ3n) is 4.93. The molecule has 3 aliphatic heterocycles. The number of carbonyl (C=O) groups is 2. The average molecular weight is 406 g/mol. The van der Waals surface area contributed by atoms with E-state index in [2.05, 4.69) is 32.0 Å². The highest BCUT2D eigenvalue weighted by Crippen LogP contribution is 2.19. The Bertz CT molecular complexity index is 794. The van der Waals surface area contributed by atoms with Gasteiger partial charge in [0.05, 0.1) is 31.5 Å². The molecule has 0 aliphatic carbocycles. The Kier molecular flexibility index (Phi) is 5.94. The molecule has 4 bridgehead atoms. The van der Waals surface area contributed by atoms with Crippen LogP contribution in [-0.4, -0.2) is 71.8 Å². The van der Waals surface area contributed by atoms with E-state index in [0.717, 1.165) is 19.4 Å². The highest BCUT2D eigenvalue weighted by atomic mass is 16.5. The molecule has 2 atom stereocenters. The van der Waals surface area contributed by atoms with E-state index in [0.29, 0.717) is 37.7 Å². The van der Waals surface area contributed by atoms with E-state index in [1.54, 1.807) is 19.4 Å². The Balaban J connectivity index is 1.53. The van der Waals surface area contributed by atoms with Gasteiger partial charge in [0.25, 0.3) is 11.8 Å². The minimum Gasteiger partial charge on any atom is -0.377 e. The van der Waals surface area contributed by atoms with E-state index in [-0.39, 0.29) is 29.8 Å². The maximum Gasteiger partial charge on any atom is 0.274 e. The van der Waals surface area contributed by atoms with Gasteiger partial charge in [-0.15, -0.1) is 5.53 Å². The maximum atomic E-state index is 12.7. The number of hydrazine groups is 2. The van der Waals surface area contributed by atoms with Crippen LogP contribution < -0.4 is 26.9 Å². The average Bonchev–Trinajstić information content (AvgIpc) is 3.34. The summed E-state index contributed by atoms with van der Waals surface area (Å²) in [6, 6.07) is 0.165. The van der Waals surface area contributed by atoms with Gasteiger partial charge in [0.2, 0.25) is 0 Å². The van der Waals surface area contributed by atoms with Gasteiger partial charge >= 0.3 is 0 Å². The molecule has 158 valence electrons. The minimum atomic E-state index is -0.381. The summed E-state index contributed by atoms with van der Waals surface area (Å²) in [6.07, 6.45) is 4.91. The smallest absolute Gasteiger partial charge is 0.274 e. The molecule has 1 saturated heterocycles. The lowest BCUT2D eigenvalue weighted by Crippen LogP contribution is -2.51. The number of piperidine rings is 1. The fourth-order valence-electron chi connectivity index (χ4n) is 3.49. The number of carbonyl (C=O) groups excluding carboxylic acids is 2. The van der Waals surface area contributed by atoms with Gasteiger partial charge in [0.1, 0.15) is 11.9 Å². The van der Waals surface area contributed by atoms with E-state index in [1.165, 1.54) is 4.68 Å². The zero-order valence-corrected chi connectivity index (χ0v) is 16.2. The number of hydrogen-bond acceptors (Lipinski definition) is 9. The number of amides is 2. The van der Waals surface area contributed by atoms with E-state index >= 15 is 0 Å². The standard InChI is InChI=1S/C17H26N8O4/c1-24-9-12-15(22-24)17(27)19-4-5-28-6-7-29-14-8-11(2-3-18-14)25-10-13(21-23-25)16(26)20-12/h9-11,14,18,21,23H,2-8H2,1H3,(H,19,27)(H,20,26). The molecule has 12 heteroatoms. The molecule has 0 radical (unpaired) electrons. The fourth-order valence-corrected chi connectivity index (χ4v) is 3.49. The van der Waals surface area contributed by atoms with E-state index in [4.69, 9.17) is 9.47 Å². The second-order valence-electron chi connectivity index (χ2n) is 7.07. The summed E-state index contributed by atoms with van der Waals surface area (Å²) in [6.45, 7) is 2.40. The first-order valence-electron chi connectivity index (χ1n) is 9.68. The van der Waals surface area contributed by atoms with Crippen molar-refractivity contribution in [3.05, 3.63) is 23.8 Å². The van der Waals surface area contributed by atoms with Crippen molar-refractivity contribution in [2.45, 2.75) is 25.1 Å². The summed E-state index contributed by atoms with van der Waals surface area (Å²) in [5, 5.41) is 14.9. The number of ether oxygens (including phenoxy) is 2. The van der Waals surface area contributed by atoms with Gasteiger partial charge in [0.15, 0.2) is 5.69 Å². The van der Waals surface area contributed by atoms with Crippen molar-refractivity contribution in [2.24, 2.45) is 7.05 Å².